The number of aromatic hydroxyl groups is 1. The molecule has 0 bridgehead atoms. The van der Waals surface area contributed by atoms with E-state index >= 15 is 0 Å². The lowest BCUT2D eigenvalue weighted by Crippen LogP contribution is -2.34. The maximum Gasteiger partial charge on any atom is 0.269 e. The first kappa shape index (κ1) is 46.0. The number of phenolic OH excluding ortho intramolecular Hbond substituents is 1. The summed E-state index contributed by atoms with van der Waals surface area (Å²) in [7, 11) is 0. The number of hydrogen-bond acceptors (Lipinski definition) is 2. The second kappa shape index (κ2) is 16.2. The highest BCUT2D eigenvalue weighted by atomic mass is 16.3. The van der Waals surface area contributed by atoms with Gasteiger partial charge in [-0.25, -0.2) is 4.98 Å². The van der Waals surface area contributed by atoms with Crippen LogP contribution in [0.2, 0.25) is 0 Å². The Bertz CT molecular complexity index is 3430. The van der Waals surface area contributed by atoms with Crippen molar-refractivity contribution in [1.82, 2.24) is 14.1 Å². The van der Waals surface area contributed by atoms with Gasteiger partial charge in [-0.15, -0.1) is 0 Å². The molecule has 0 atom stereocenters. The van der Waals surface area contributed by atoms with Crippen LogP contribution in [0.4, 0.5) is 0 Å². The van der Waals surface area contributed by atoms with Gasteiger partial charge in [0.25, 0.3) is 6.33 Å². The van der Waals surface area contributed by atoms with E-state index in [1.54, 1.807) is 0 Å². The molecule has 0 amide bonds. The summed E-state index contributed by atoms with van der Waals surface area (Å²) in [6.07, 6.45) is 5.95. The summed E-state index contributed by atoms with van der Waals surface area (Å²) >= 11 is 0. The summed E-state index contributed by atoms with van der Waals surface area (Å²) in [4.78, 5) is 5.86. The molecular formula is C64H68N4O. The molecule has 9 aromatic rings. The van der Waals surface area contributed by atoms with Crippen LogP contribution in [0.15, 0.2) is 146 Å². The standard InChI is InChI=1S/C64H68N4O/c1-60(2,3)42-31-32-52(47(35-42)41-23-16-14-17-24-41)68-55-30-22-27-46(57(55)65-59(68)49-36-43(61(4,5)6)37-51(58(49)69)62(7,8)9)48-38-45(39-50-56(48)64(12,13)34-33-63(50,10)11)67-40-66(44-25-18-15-19-26-44)53-28-20-21-29-54(53)67/h14-32,35-39,69H,33-34H2,1-13H3. The number of imidazole rings is 2. The van der Waals surface area contributed by atoms with Gasteiger partial charge in [-0.3, -0.25) is 13.7 Å². The molecule has 2 aromatic heterocycles. The smallest absolute Gasteiger partial charge is 0.269 e. The van der Waals surface area contributed by atoms with Crippen LogP contribution in [-0.2, 0) is 27.1 Å². The molecule has 7 aromatic carbocycles. The average Bonchev–Trinajstić information content (AvgIpc) is 3.89. The summed E-state index contributed by atoms with van der Waals surface area (Å²) < 4.78 is 6.77. The fraction of sp³-hybridized carbons (Fsp3) is 0.312. The van der Waals surface area contributed by atoms with Crippen LogP contribution < -0.4 is 4.57 Å². The van der Waals surface area contributed by atoms with Gasteiger partial charge in [0, 0.05) is 16.7 Å². The number of aromatic nitrogens is 4. The van der Waals surface area contributed by atoms with Crippen LogP contribution in [0.25, 0.3) is 72.8 Å². The number of rotatable bonds is 6. The van der Waals surface area contributed by atoms with Gasteiger partial charge in [-0.05, 0) is 122 Å². The summed E-state index contributed by atoms with van der Waals surface area (Å²) in [5.41, 5.74) is 17.6. The summed E-state index contributed by atoms with van der Waals surface area (Å²) in [6.45, 7) is 29.8. The highest BCUT2D eigenvalue weighted by Crippen LogP contribution is 2.52. The normalized spacial score (nSPS) is 14.9. The molecule has 0 aliphatic heterocycles. The van der Waals surface area contributed by atoms with Crippen LogP contribution in [0.5, 0.6) is 5.75 Å². The van der Waals surface area contributed by atoms with Crippen LogP contribution in [-0.4, -0.2) is 19.2 Å². The molecule has 350 valence electrons. The molecule has 0 saturated carbocycles. The summed E-state index contributed by atoms with van der Waals surface area (Å²) in [5.74, 6) is 0.982. The molecule has 1 aliphatic carbocycles. The van der Waals surface area contributed by atoms with E-state index in [2.05, 4.69) is 256 Å². The Morgan fingerprint density at radius 1 is 0.565 bits per heavy atom. The van der Waals surface area contributed by atoms with Crippen molar-refractivity contribution in [1.29, 1.82) is 0 Å². The number of hydrogen-bond donors (Lipinski definition) is 1. The molecule has 0 saturated heterocycles. The lowest BCUT2D eigenvalue weighted by molar-refractivity contribution is -0.572. The van der Waals surface area contributed by atoms with E-state index in [1.165, 1.54) is 22.3 Å². The van der Waals surface area contributed by atoms with Crippen LogP contribution in [0, 0.1) is 6.33 Å². The van der Waals surface area contributed by atoms with Gasteiger partial charge in [0.15, 0.2) is 0 Å². The van der Waals surface area contributed by atoms with Gasteiger partial charge in [0.2, 0.25) is 0 Å². The third-order valence-electron chi connectivity index (χ3n) is 14.9. The van der Waals surface area contributed by atoms with Crippen molar-refractivity contribution in [2.45, 2.75) is 130 Å². The predicted octanol–water partition coefficient (Wildman–Crippen LogP) is 16.0. The van der Waals surface area contributed by atoms with Crippen molar-refractivity contribution >= 4 is 22.1 Å². The van der Waals surface area contributed by atoms with Crippen LogP contribution in [0.1, 0.15) is 131 Å². The first-order chi connectivity index (χ1) is 32.5. The molecule has 1 N–H and O–H groups in total. The Hall–Kier alpha value is -6.72. The highest BCUT2D eigenvalue weighted by molar-refractivity contribution is 5.99. The van der Waals surface area contributed by atoms with E-state index in [-0.39, 0.29) is 32.8 Å². The van der Waals surface area contributed by atoms with Gasteiger partial charge < -0.3 is 5.11 Å². The number of para-hydroxylation sites is 4. The van der Waals surface area contributed by atoms with Gasteiger partial charge in [0.05, 0.1) is 44.7 Å². The van der Waals surface area contributed by atoms with Crippen molar-refractivity contribution < 1.29 is 9.67 Å². The molecule has 0 fully saturated rings. The maximum absolute atomic E-state index is 12.7. The zero-order chi connectivity index (χ0) is 49.0. The monoisotopic (exact) mass is 909 g/mol. The lowest BCUT2D eigenvalue weighted by atomic mass is 9.61. The van der Waals surface area contributed by atoms with Gasteiger partial charge >= 0.3 is 0 Å². The van der Waals surface area contributed by atoms with Crippen LogP contribution >= 0.6 is 0 Å². The maximum atomic E-state index is 12.7. The molecule has 69 heavy (non-hydrogen) atoms. The molecule has 0 radical (unpaired) electrons. The summed E-state index contributed by atoms with van der Waals surface area (Å²) in [6, 6.07) is 52.7. The van der Waals surface area contributed by atoms with Crippen LogP contribution in [0.3, 0.4) is 0 Å². The Morgan fingerprint density at radius 2 is 1.19 bits per heavy atom. The molecule has 5 nitrogen and oxygen atoms in total. The Balaban J connectivity index is 1.34. The third kappa shape index (κ3) is 7.98. The van der Waals surface area contributed by atoms with E-state index in [0.717, 1.165) is 85.4 Å². The Kier molecular flexibility index (Phi) is 10.8. The molecule has 5 heteroatoms. The zero-order valence-electron chi connectivity index (χ0n) is 43.0. The average molecular weight is 909 g/mol. The van der Waals surface area contributed by atoms with Crippen molar-refractivity contribution in [2.24, 2.45) is 0 Å². The molecular weight excluding hydrogens is 841 g/mol. The quantitative estimate of drug-likeness (QED) is 0.133. The van der Waals surface area contributed by atoms with Crippen molar-refractivity contribution in [3.63, 3.8) is 0 Å². The van der Waals surface area contributed by atoms with E-state index in [0.29, 0.717) is 5.82 Å². The molecule has 1 aliphatic rings. The first-order valence-corrected chi connectivity index (χ1v) is 24.8. The Morgan fingerprint density at radius 3 is 1.87 bits per heavy atom. The van der Waals surface area contributed by atoms with E-state index in [4.69, 9.17) is 4.98 Å². The molecule has 2 heterocycles. The lowest BCUT2D eigenvalue weighted by Gasteiger charge is -2.43. The SMILES string of the molecule is CC(C)(C)c1ccc(-n2c(-c3cc(C(C)(C)C)cc(C(C)(C)C)c3O)nc3c(-c4cc(-n5[c-][n+](-c6ccccc6)c6ccccc65)cc5c4C(C)(C)CCC5(C)C)cccc32)c(-c2ccccc2)c1. The van der Waals surface area contributed by atoms with E-state index in [9.17, 15) is 5.11 Å². The minimum Gasteiger partial charge on any atom is -0.507 e. The Labute approximate surface area is 410 Å². The first-order valence-electron chi connectivity index (χ1n) is 24.8. The number of benzene rings is 7. The fourth-order valence-corrected chi connectivity index (χ4v) is 10.7. The number of fused-ring (bicyclic) bond motifs is 3. The van der Waals surface area contributed by atoms with Crippen molar-refractivity contribution in [3.8, 4) is 56.5 Å². The third-order valence-corrected chi connectivity index (χ3v) is 14.9. The van der Waals surface area contributed by atoms with Crippen molar-refractivity contribution in [3.05, 3.63) is 180 Å². The number of nitrogens with zero attached hydrogens (tertiary/aromatic N) is 4. The van der Waals surface area contributed by atoms with Gasteiger partial charge in [-0.2, -0.15) is 0 Å². The fourth-order valence-electron chi connectivity index (χ4n) is 10.7. The topological polar surface area (TPSA) is 46.9 Å². The van der Waals surface area contributed by atoms with E-state index in [1.807, 2.05) is 0 Å². The minimum atomic E-state index is -0.331. The van der Waals surface area contributed by atoms with Gasteiger partial charge in [0.1, 0.15) is 11.6 Å². The largest absolute Gasteiger partial charge is 0.507 e. The predicted molar refractivity (Wildman–Crippen MR) is 288 cm³/mol. The molecule has 10 rings (SSSR count). The summed E-state index contributed by atoms with van der Waals surface area (Å²) in [5, 5.41) is 12.7. The van der Waals surface area contributed by atoms with Crippen molar-refractivity contribution in [2.75, 3.05) is 0 Å². The molecule has 0 spiro atoms. The number of phenols is 1. The second-order valence-electron chi connectivity index (χ2n) is 24.0. The second-order valence-corrected chi connectivity index (χ2v) is 24.0. The van der Waals surface area contributed by atoms with Gasteiger partial charge in [-0.1, -0.05) is 187 Å². The van der Waals surface area contributed by atoms with E-state index < -0.39 is 0 Å². The molecule has 0 unspecified atom stereocenters. The zero-order valence-corrected chi connectivity index (χ0v) is 43.0. The minimum absolute atomic E-state index is 0.0798. The highest BCUT2D eigenvalue weighted by Gasteiger charge is 2.40.